The van der Waals surface area contributed by atoms with Crippen LogP contribution >= 0.6 is 0 Å². The molecule has 2 rings (SSSR count). The molecule has 2 N–H and O–H groups in total. The van der Waals surface area contributed by atoms with Gasteiger partial charge in [0, 0.05) is 29.8 Å². The van der Waals surface area contributed by atoms with E-state index in [1.807, 2.05) is 39.0 Å². The van der Waals surface area contributed by atoms with Gasteiger partial charge in [-0.25, -0.2) is 4.98 Å². The number of pyridine rings is 1. The molecule has 2 aromatic heterocycles. The van der Waals surface area contributed by atoms with Gasteiger partial charge in [-0.1, -0.05) is 26.8 Å². The number of nitrogens with two attached hydrogens (primary N) is 1. The quantitative estimate of drug-likeness (QED) is 0.925. The van der Waals surface area contributed by atoms with E-state index in [9.17, 15) is 0 Å². The Balaban J connectivity index is 2.01. The number of ether oxygens (including phenoxy) is 1. The molecule has 5 nitrogen and oxygen atoms in total. The standard InChI is InChI=1S/C15H20N4O/c1-15(2,3)14-18-12(16)10-13(19-14)20-9-7-11-6-4-5-8-17-11/h4-6,8,10H,7,9H2,1-3H3,(H2,16,18,19). The fraction of sp³-hybridized carbons (Fsp3) is 0.400. The molecule has 0 aliphatic heterocycles. The average Bonchev–Trinajstić information content (AvgIpc) is 2.38. The lowest BCUT2D eigenvalue weighted by Gasteiger charge is -2.17. The van der Waals surface area contributed by atoms with E-state index in [2.05, 4.69) is 15.0 Å². The van der Waals surface area contributed by atoms with Crippen LogP contribution in [0.2, 0.25) is 0 Å². The molecule has 0 aromatic carbocycles. The van der Waals surface area contributed by atoms with Crippen molar-refractivity contribution in [3.05, 3.63) is 42.0 Å². The smallest absolute Gasteiger partial charge is 0.218 e. The zero-order valence-electron chi connectivity index (χ0n) is 12.1. The lowest BCUT2D eigenvalue weighted by Crippen LogP contribution is -2.18. The predicted octanol–water partition coefficient (Wildman–Crippen LogP) is 2.37. The van der Waals surface area contributed by atoms with Crippen LogP contribution in [0.25, 0.3) is 0 Å². The third kappa shape index (κ3) is 3.91. The van der Waals surface area contributed by atoms with Crippen LogP contribution in [0.1, 0.15) is 32.3 Å². The molecule has 0 saturated carbocycles. The van der Waals surface area contributed by atoms with Crippen molar-refractivity contribution in [2.75, 3.05) is 12.3 Å². The number of rotatable bonds is 4. The first-order valence-electron chi connectivity index (χ1n) is 6.63. The Labute approximate surface area is 119 Å². The Morgan fingerprint density at radius 2 is 2.00 bits per heavy atom. The van der Waals surface area contributed by atoms with Crippen LogP contribution < -0.4 is 10.5 Å². The Morgan fingerprint density at radius 3 is 2.65 bits per heavy atom. The first kappa shape index (κ1) is 14.2. The fourth-order valence-corrected chi connectivity index (χ4v) is 1.66. The summed E-state index contributed by atoms with van der Waals surface area (Å²) in [6, 6.07) is 7.47. The molecule has 2 heterocycles. The van der Waals surface area contributed by atoms with Crippen LogP contribution in [0.4, 0.5) is 5.82 Å². The van der Waals surface area contributed by atoms with Crippen LogP contribution in [-0.2, 0) is 11.8 Å². The van der Waals surface area contributed by atoms with Gasteiger partial charge in [0.15, 0.2) is 0 Å². The molecule has 5 heteroatoms. The van der Waals surface area contributed by atoms with Crippen molar-refractivity contribution < 1.29 is 4.74 Å². The minimum Gasteiger partial charge on any atom is -0.477 e. The van der Waals surface area contributed by atoms with Crippen molar-refractivity contribution in [1.29, 1.82) is 0 Å². The molecule has 0 saturated heterocycles. The molecule has 0 bridgehead atoms. The van der Waals surface area contributed by atoms with Gasteiger partial charge in [0.25, 0.3) is 0 Å². The molecule has 20 heavy (non-hydrogen) atoms. The molecule has 106 valence electrons. The molecular weight excluding hydrogens is 252 g/mol. The van der Waals surface area contributed by atoms with Gasteiger partial charge in [-0.05, 0) is 12.1 Å². The minimum atomic E-state index is -0.158. The second-order valence-corrected chi connectivity index (χ2v) is 5.62. The largest absolute Gasteiger partial charge is 0.477 e. The topological polar surface area (TPSA) is 73.9 Å². The number of aromatic nitrogens is 3. The summed E-state index contributed by atoms with van der Waals surface area (Å²) in [5.41, 5.74) is 6.63. The molecule has 0 fully saturated rings. The maximum absolute atomic E-state index is 5.80. The van der Waals surface area contributed by atoms with Crippen LogP contribution in [-0.4, -0.2) is 21.6 Å². The fourth-order valence-electron chi connectivity index (χ4n) is 1.66. The first-order valence-corrected chi connectivity index (χ1v) is 6.63. The molecule has 0 aliphatic carbocycles. The highest BCUT2D eigenvalue weighted by molar-refractivity contribution is 5.34. The maximum Gasteiger partial charge on any atom is 0.218 e. The molecule has 0 aliphatic rings. The number of hydrogen-bond donors (Lipinski definition) is 1. The van der Waals surface area contributed by atoms with E-state index < -0.39 is 0 Å². The third-order valence-corrected chi connectivity index (χ3v) is 2.73. The second kappa shape index (κ2) is 5.86. The monoisotopic (exact) mass is 272 g/mol. The van der Waals surface area contributed by atoms with Gasteiger partial charge in [0.1, 0.15) is 11.6 Å². The van der Waals surface area contributed by atoms with E-state index in [0.29, 0.717) is 24.1 Å². The van der Waals surface area contributed by atoms with Crippen molar-refractivity contribution in [2.45, 2.75) is 32.6 Å². The molecule has 2 aromatic rings. The maximum atomic E-state index is 5.80. The molecule has 0 amide bonds. The summed E-state index contributed by atoms with van der Waals surface area (Å²) < 4.78 is 5.66. The van der Waals surface area contributed by atoms with E-state index >= 15 is 0 Å². The van der Waals surface area contributed by atoms with E-state index in [1.54, 1.807) is 12.3 Å². The van der Waals surface area contributed by atoms with Crippen molar-refractivity contribution in [2.24, 2.45) is 0 Å². The van der Waals surface area contributed by atoms with E-state index in [4.69, 9.17) is 10.5 Å². The summed E-state index contributed by atoms with van der Waals surface area (Å²) in [6.45, 7) is 6.63. The van der Waals surface area contributed by atoms with Gasteiger partial charge in [-0.15, -0.1) is 0 Å². The van der Waals surface area contributed by atoms with Crippen molar-refractivity contribution in [3.63, 3.8) is 0 Å². The Bertz CT molecular complexity index is 564. The highest BCUT2D eigenvalue weighted by Gasteiger charge is 2.19. The molecular formula is C15H20N4O. The minimum absolute atomic E-state index is 0.158. The Kier molecular flexibility index (Phi) is 4.17. The number of nitrogen functional groups attached to an aromatic ring is 1. The van der Waals surface area contributed by atoms with E-state index in [1.165, 1.54) is 0 Å². The average molecular weight is 272 g/mol. The summed E-state index contributed by atoms with van der Waals surface area (Å²) in [6.07, 6.45) is 2.51. The highest BCUT2D eigenvalue weighted by Crippen LogP contribution is 2.22. The summed E-state index contributed by atoms with van der Waals surface area (Å²) in [5, 5.41) is 0. The second-order valence-electron chi connectivity index (χ2n) is 5.62. The molecule has 0 atom stereocenters. The SMILES string of the molecule is CC(C)(C)c1nc(N)cc(OCCc2ccccn2)n1. The zero-order chi connectivity index (χ0) is 14.6. The van der Waals surface area contributed by atoms with Crippen LogP contribution in [0.3, 0.4) is 0 Å². The third-order valence-electron chi connectivity index (χ3n) is 2.73. The molecule has 0 spiro atoms. The van der Waals surface area contributed by atoms with Gasteiger partial charge in [0.05, 0.1) is 6.61 Å². The van der Waals surface area contributed by atoms with Gasteiger partial charge >= 0.3 is 0 Å². The van der Waals surface area contributed by atoms with Crippen LogP contribution in [0, 0.1) is 0 Å². The summed E-state index contributed by atoms with van der Waals surface area (Å²) in [5.74, 6) is 1.63. The van der Waals surface area contributed by atoms with Gasteiger partial charge in [0.2, 0.25) is 5.88 Å². The van der Waals surface area contributed by atoms with Gasteiger partial charge < -0.3 is 10.5 Å². The number of anilines is 1. The van der Waals surface area contributed by atoms with Crippen molar-refractivity contribution in [3.8, 4) is 5.88 Å². The number of hydrogen-bond acceptors (Lipinski definition) is 5. The van der Waals surface area contributed by atoms with Crippen molar-refractivity contribution in [1.82, 2.24) is 15.0 Å². The lowest BCUT2D eigenvalue weighted by atomic mass is 9.96. The van der Waals surface area contributed by atoms with E-state index in [0.717, 1.165) is 12.1 Å². The normalized spacial score (nSPS) is 11.3. The lowest BCUT2D eigenvalue weighted by molar-refractivity contribution is 0.304. The summed E-state index contributed by atoms with van der Waals surface area (Å²) in [4.78, 5) is 12.9. The summed E-state index contributed by atoms with van der Waals surface area (Å²) >= 11 is 0. The Morgan fingerprint density at radius 1 is 1.20 bits per heavy atom. The predicted molar refractivity (Wildman–Crippen MR) is 78.6 cm³/mol. The highest BCUT2D eigenvalue weighted by atomic mass is 16.5. The molecule has 0 radical (unpaired) electrons. The van der Waals surface area contributed by atoms with E-state index in [-0.39, 0.29) is 5.41 Å². The number of nitrogens with zero attached hydrogens (tertiary/aromatic N) is 3. The van der Waals surface area contributed by atoms with Gasteiger partial charge in [-0.2, -0.15) is 4.98 Å². The van der Waals surface area contributed by atoms with Crippen LogP contribution in [0.5, 0.6) is 5.88 Å². The molecule has 0 unspecified atom stereocenters. The first-order chi connectivity index (χ1) is 9.45. The van der Waals surface area contributed by atoms with Gasteiger partial charge in [-0.3, -0.25) is 4.98 Å². The Hall–Kier alpha value is -2.17. The van der Waals surface area contributed by atoms with Crippen LogP contribution in [0.15, 0.2) is 30.5 Å². The zero-order valence-corrected chi connectivity index (χ0v) is 12.1. The van der Waals surface area contributed by atoms with Crippen molar-refractivity contribution >= 4 is 5.82 Å². The summed E-state index contributed by atoms with van der Waals surface area (Å²) in [7, 11) is 0.